The molecule has 4 rings (SSSR count). The van der Waals surface area contributed by atoms with E-state index in [-0.39, 0.29) is 63.0 Å². The molecule has 2 aliphatic carbocycles. The lowest BCUT2D eigenvalue weighted by molar-refractivity contribution is -0.138. The molecule has 1 fully saturated rings. The highest BCUT2D eigenvalue weighted by Crippen LogP contribution is 2.44. The third-order valence-corrected chi connectivity index (χ3v) is 6.70. The SMILES string of the molecule is O=C(O)CC1CCC(NC(=O)CCOCCNC(=O)OCC2c3ccccc3-c3ccccc32)C1. The number of rotatable bonds is 11. The molecule has 2 aromatic carbocycles. The highest BCUT2D eigenvalue weighted by Gasteiger charge is 2.29. The van der Waals surface area contributed by atoms with Gasteiger partial charge in [-0.2, -0.15) is 0 Å². The summed E-state index contributed by atoms with van der Waals surface area (Å²) in [4.78, 5) is 35.0. The molecule has 0 bridgehead atoms. The summed E-state index contributed by atoms with van der Waals surface area (Å²) < 4.78 is 10.9. The minimum atomic E-state index is -0.790. The number of fused-ring (bicyclic) bond motifs is 3. The molecule has 1 saturated carbocycles. The molecule has 2 atom stereocenters. The van der Waals surface area contributed by atoms with Gasteiger partial charge in [-0.1, -0.05) is 48.5 Å². The number of hydrogen-bond donors (Lipinski definition) is 3. The Bertz CT molecular complexity index is 1010. The number of carbonyl (C=O) groups is 3. The van der Waals surface area contributed by atoms with E-state index in [1.54, 1.807) is 0 Å². The average Bonchev–Trinajstić information content (AvgIpc) is 3.41. The van der Waals surface area contributed by atoms with E-state index in [1.807, 2.05) is 24.3 Å². The van der Waals surface area contributed by atoms with Gasteiger partial charge in [0.15, 0.2) is 0 Å². The predicted molar refractivity (Wildman–Crippen MR) is 130 cm³/mol. The van der Waals surface area contributed by atoms with E-state index in [2.05, 4.69) is 34.9 Å². The molecular formula is C27H32N2O6. The van der Waals surface area contributed by atoms with Gasteiger partial charge in [0.05, 0.1) is 13.2 Å². The number of carbonyl (C=O) groups excluding carboxylic acids is 2. The molecule has 2 aliphatic rings. The molecule has 0 saturated heterocycles. The molecule has 2 aromatic rings. The minimum Gasteiger partial charge on any atom is -0.481 e. The Morgan fingerprint density at radius 3 is 2.31 bits per heavy atom. The van der Waals surface area contributed by atoms with Crippen molar-refractivity contribution < 1.29 is 29.0 Å². The summed E-state index contributed by atoms with van der Waals surface area (Å²) in [5.74, 6) is -0.738. The largest absolute Gasteiger partial charge is 0.481 e. The molecule has 2 unspecified atom stereocenters. The third kappa shape index (κ3) is 6.60. The van der Waals surface area contributed by atoms with Crippen molar-refractivity contribution in [3.8, 4) is 11.1 Å². The van der Waals surface area contributed by atoms with Crippen molar-refractivity contribution in [2.24, 2.45) is 5.92 Å². The number of hydrogen-bond acceptors (Lipinski definition) is 5. The van der Waals surface area contributed by atoms with Gasteiger partial charge in [0, 0.05) is 31.3 Å². The first kappa shape index (κ1) is 24.7. The number of aliphatic carboxylic acids is 1. The van der Waals surface area contributed by atoms with E-state index >= 15 is 0 Å². The Morgan fingerprint density at radius 2 is 1.63 bits per heavy atom. The molecule has 8 nitrogen and oxygen atoms in total. The Labute approximate surface area is 205 Å². The normalized spacial score (nSPS) is 18.5. The van der Waals surface area contributed by atoms with E-state index in [0.29, 0.717) is 6.42 Å². The third-order valence-electron chi connectivity index (χ3n) is 6.70. The van der Waals surface area contributed by atoms with Crippen LogP contribution in [-0.2, 0) is 19.1 Å². The van der Waals surface area contributed by atoms with Crippen LogP contribution >= 0.6 is 0 Å². The fourth-order valence-electron chi connectivity index (χ4n) is 5.08. The Kier molecular flexibility index (Phi) is 8.36. The monoisotopic (exact) mass is 480 g/mol. The molecular weight excluding hydrogens is 448 g/mol. The molecule has 35 heavy (non-hydrogen) atoms. The van der Waals surface area contributed by atoms with Crippen LogP contribution < -0.4 is 10.6 Å². The van der Waals surface area contributed by atoms with Crippen molar-refractivity contribution >= 4 is 18.0 Å². The van der Waals surface area contributed by atoms with E-state index in [9.17, 15) is 14.4 Å². The molecule has 186 valence electrons. The topological polar surface area (TPSA) is 114 Å². The fraction of sp³-hybridized carbons (Fsp3) is 0.444. The van der Waals surface area contributed by atoms with Crippen LogP contribution in [0.15, 0.2) is 48.5 Å². The maximum absolute atomic E-state index is 12.2. The summed E-state index contributed by atoms with van der Waals surface area (Å²) in [6, 6.07) is 16.4. The van der Waals surface area contributed by atoms with Gasteiger partial charge in [0.2, 0.25) is 5.91 Å². The van der Waals surface area contributed by atoms with Crippen molar-refractivity contribution in [3.05, 3.63) is 59.7 Å². The first-order valence-electron chi connectivity index (χ1n) is 12.2. The maximum Gasteiger partial charge on any atom is 0.407 e. The first-order chi connectivity index (χ1) is 17.0. The number of amides is 2. The van der Waals surface area contributed by atoms with Gasteiger partial charge in [-0.3, -0.25) is 9.59 Å². The Morgan fingerprint density at radius 1 is 0.943 bits per heavy atom. The summed E-state index contributed by atoms with van der Waals surface area (Å²) in [6.07, 6.45) is 2.25. The molecule has 0 spiro atoms. The van der Waals surface area contributed by atoms with Gasteiger partial charge in [-0.25, -0.2) is 4.79 Å². The molecule has 0 aromatic heterocycles. The van der Waals surface area contributed by atoms with Gasteiger partial charge >= 0.3 is 12.1 Å². The molecule has 3 N–H and O–H groups in total. The number of carboxylic acid groups (broad SMARTS) is 1. The van der Waals surface area contributed by atoms with Gasteiger partial charge < -0.3 is 25.2 Å². The summed E-state index contributed by atoms with van der Waals surface area (Å²) >= 11 is 0. The second kappa shape index (κ2) is 11.8. The van der Waals surface area contributed by atoms with Crippen LogP contribution in [0, 0.1) is 5.92 Å². The van der Waals surface area contributed by atoms with Crippen molar-refractivity contribution in [2.75, 3.05) is 26.4 Å². The van der Waals surface area contributed by atoms with Gasteiger partial charge in [0.25, 0.3) is 0 Å². The lowest BCUT2D eigenvalue weighted by atomic mass is 9.98. The van der Waals surface area contributed by atoms with Crippen molar-refractivity contribution in [3.63, 3.8) is 0 Å². The number of alkyl carbamates (subject to hydrolysis) is 1. The molecule has 0 heterocycles. The van der Waals surface area contributed by atoms with Crippen LogP contribution in [0.5, 0.6) is 0 Å². The van der Waals surface area contributed by atoms with Gasteiger partial charge in [-0.15, -0.1) is 0 Å². The fourth-order valence-corrected chi connectivity index (χ4v) is 5.08. The van der Waals surface area contributed by atoms with E-state index in [0.717, 1.165) is 24.0 Å². The molecule has 2 amide bonds. The van der Waals surface area contributed by atoms with Gasteiger partial charge in [-0.05, 0) is 47.4 Å². The Balaban J connectivity index is 1.09. The van der Waals surface area contributed by atoms with Crippen LogP contribution in [0.3, 0.4) is 0 Å². The minimum absolute atomic E-state index is 0.0159. The summed E-state index contributed by atoms with van der Waals surface area (Å²) in [7, 11) is 0. The number of nitrogens with one attached hydrogen (secondary N) is 2. The van der Waals surface area contributed by atoms with Crippen molar-refractivity contribution in [1.29, 1.82) is 0 Å². The highest BCUT2D eigenvalue weighted by molar-refractivity contribution is 5.79. The zero-order valence-corrected chi connectivity index (χ0v) is 19.7. The van der Waals surface area contributed by atoms with Crippen LogP contribution in [0.4, 0.5) is 4.79 Å². The molecule has 8 heteroatoms. The summed E-state index contributed by atoms with van der Waals surface area (Å²) in [5.41, 5.74) is 4.70. The van der Waals surface area contributed by atoms with E-state index in [4.69, 9.17) is 14.6 Å². The highest BCUT2D eigenvalue weighted by atomic mass is 16.5. The maximum atomic E-state index is 12.2. The van der Waals surface area contributed by atoms with E-state index < -0.39 is 12.1 Å². The number of ether oxygens (including phenoxy) is 2. The smallest absolute Gasteiger partial charge is 0.407 e. The first-order valence-corrected chi connectivity index (χ1v) is 12.2. The average molecular weight is 481 g/mol. The van der Waals surface area contributed by atoms with E-state index in [1.165, 1.54) is 11.1 Å². The van der Waals surface area contributed by atoms with Crippen LogP contribution in [0.1, 0.15) is 49.1 Å². The van der Waals surface area contributed by atoms with Crippen molar-refractivity contribution in [2.45, 2.75) is 44.1 Å². The zero-order valence-electron chi connectivity index (χ0n) is 19.7. The number of benzene rings is 2. The quantitative estimate of drug-likeness (QED) is 0.423. The second-order valence-corrected chi connectivity index (χ2v) is 9.16. The Hall–Kier alpha value is -3.39. The summed E-state index contributed by atoms with van der Waals surface area (Å²) in [6.45, 7) is 1.08. The second-order valence-electron chi connectivity index (χ2n) is 9.16. The zero-order chi connectivity index (χ0) is 24.6. The van der Waals surface area contributed by atoms with Crippen molar-refractivity contribution in [1.82, 2.24) is 10.6 Å². The summed E-state index contributed by atoms with van der Waals surface area (Å²) in [5, 5.41) is 14.5. The van der Waals surface area contributed by atoms with Crippen LogP contribution in [0.2, 0.25) is 0 Å². The van der Waals surface area contributed by atoms with Crippen LogP contribution in [0.25, 0.3) is 11.1 Å². The van der Waals surface area contributed by atoms with Gasteiger partial charge in [0.1, 0.15) is 6.61 Å². The number of carboxylic acids is 1. The standard InChI is InChI=1S/C27H32N2O6/c30-25(29-19-10-9-18(15-19)16-26(31)32)11-13-34-14-12-28-27(33)35-17-24-22-7-3-1-5-20(22)21-6-2-4-8-23(21)24/h1-8,18-19,24H,9-17H2,(H,28,33)(H,29,30)(H,31,32). The molecule has 0 aliphatic heterocycles. The molecule has 0 radical (unpaired) electrons. The van der Waals surface area contributed by atoms with Crippen LogP contribution in [-0.4, -0.2) is 55.5 Å². The lowest BCUT2D eigenvalue weighted by Crippen LogP contribution is -2.34. The predicted octanol–water partition coefficient (Wildman–Crippen LogP) is 3.69. The lowest BCUT2D eigenvalue weighted by Gasteiger charge is -2.15.